The van der Waals surface area contributed by atoms with Gasteiger partial charge in [-0.05, 0) is 70.4 Å². The summed E-state index contributed by atoms with van der Waals surface area (Å²) in [5.74, 6) is -0.291. The molecule has 2 aromatic carbocycles. The summed E-state index contributed by atoms with van der Waals surface area (Å²) in [7, 11) is 0. The summed E-state index contributed by atoms with van der Waals surface area (Å²) in [6, 6.07) is 17.0. The number of hydrogen-bond donors (Lipinski definition) is 3. The van der Waals surface area contributed by atoms with E-state index in [1.807, 2.05) is 75.4 Å². The van der Waals surface area contributed by atoms with Gasteiger partial charge in [0.05, 0.1) is 0 Å². The second-order valence-electron chi connectivity index (χ2n) is 11.7. The molecule has 206 valence electrons. The molecule has 2 atom stereocenters. The molecular weight excluding hydrogens is 478 g/mol. The lowest BCUT2D eigenvalue weighted by Crippen LogP contribution is -2.60. The molecule has 0 aromatic heterocycles. The lowest BCUT2D eigenvalue weighted by Gasteiger charge is -2.46. The van der Waals surface area contributed by atoms with Crippen molar-refractivity contribution in [2.24, 2.45) is 5.73 Å². The zero-order valence-corrected chi connectivity index (χ0v) is 23.2. The fourth-order valence-corrected chi connectivity index (χ4v) is 5.73. The Morgan fingerprint density at radius 3 is 2.05 bits per heavy atom. The normalized spacial score (nSPS) is 20.5. The number of carbonyl (C=O) groups is 1. The van der Waals surface area contributed by atoms with Crippen LogP contribution in [-0.4, -0.2) is 83.7 Å². The molecule has 2 fully saturated rings. The third-order valence-electron chi connectivity index (χ3n) is 7.76. The number of nitrogens with one attached hydrogen (secondary N) is 1. The number of aliphatic hydroxyl groups is 1. The highest BCUT2D eigenvalue weighted by molar-refractivity contribution is 5.95. The molecule has 2 unspecified atom stereocenters. The predicted octanol–water partition coefficient (Wildman–Crippen LogP) is 3.18. The van der Waals surface area contributed by atoms with E-state index in [-0.39, 0.29) is 11.8 Å². The van der Waals surface area contributed by atoms with Crippen LogP contribution in [0.1, 0.15) is 51.7 Å². The Labute approximate surface area is 226 Å². The van der Waals surface area contributed by atoms with Crippen LogP contribution in [0.4, 0.5) is 5.69 Å². The lowest BCUT2D eigenvalue weighted by molar-refractivity contribution is -0.174. The number of anilines is 1. The predicted molar refractivity (Wildman–Crippen MR) is 151 cm³/mol. The standard InChI is InChI=1S/C30H43N5O3/c1-29(2,3)38-28(36)26(30(4,37)23-8-6-5-7-9-23)35-16-14-25(15-17-35)34-20-18-33(19-21-34)24-12-10-22(11-13-24)27(31)32/h5-13,25-26,37H,14-21H2,1-4H3,(H3,31,32). The number of nitrogen functional groups attached to an aromatic ring is 1. The van der Waals surface area contributed by atoms with Crippen LogP contribution in [0.5, 0.6) is 0 Å². The maximum Gasteiger partial charge on any atom is 0.327 e. The minimum Gasteiger partial charge on any atom is -0.459 e. The molecule has 2 aliphatic rings. The van der Waals surface area contributed by atoms with Gasteiger partial charge in [0.15, 0.2) is 0 Å². The smallest absolute Gasteiger partial charge is 0.327 e. The first-order valence-electron chi connectivity index (χ1n) is 13.6. The minimum atomic E-state index is -1.38. The van der Waals surface area contributed by atoms with Crippen molar-refractivity contribution in [1.82, 2.24) is 9.80 Å². The molecule has 2 saturated heterocycles. The van der Waals surface area contributed by atoms with Gasteiger partial charge in [-0.15, -0.1) is 0 Å². The van der Waals surface area contributed by atoms with Gasteiger partial charge in [-0.2, -0.15) is 0 Å². The fourth-order valence-electron chi connectivity index (χ4n) is 5.73. The summed E-state index contributed by atoms with van der Waals surface area (Å²) in [6.07, 6.45) is 1.88. The van der Waals surface area contributed by atoms with Crippen molar-refractivity contribution in [2.45, 2.75) is 63.8 Å². The molecule has 0 aliphatic carbocycles. The van der Waals surface area contributed by atoms with Crippen LogP contribution in [0.3, 0.4) is 0 Å². The topological polar surface area (TPSA) is 106 Å². The Morgan fingerprint density at radius 1 is 0.947 bits per heavy atom. The van der Waals surface area contributed by atoms with Crippen molar-refractivity contribution in [3.8, 4) is 0 Å². The average Bonchev–Trinajstić information content (AvgIpc) is 2.89. The molecule has 2 aliphatic heterocycles. The molecule has 38 heavy (non-hydrogen) atoms. The van der Waals surface area contributed by atoms with Gasteiger partial charge in [-0.1, -0.05) is 30.3 Å². The average molecular weight is 522 g/mol. The monoisotopic (exact) mass is 521 g/mol. The number of carbonyl (C=O) groups excluding carboxylic acids is 1. The van der Waals surface area contributed by atoms with Crippen LogP contribution in [0, 0.1) is 5.41 Å². The molecule has 8 heteroatoms. The molecule has 0 saturated carbocycles. The van der Waals surface area contributed by atoms with Crippen LogP contribution >= 0.6 is 0 Å². The molecule has 0 amide bonds. The molecule has 4 rings (SSSR count). The second kappa shape index (κ2) is 11.4. The number of nitrogens with zero attached hydrogens (tertiary/aromatic N) is 3. The molecule has 8 nitrogen and oxygen atoms in total. The van der Waals surface area contributed by atoms with Gasteiger partial charge in [0.2, 0.25) is 0 Å². The third-order valence-corrected chi connectivity index (χ3v) is 7.76. The van der Waals surface area contributed by atoms with Crippen molar-refractivity contribution >= 4 is 17.5 Å². The lowest BCUT2D eigenvalue weighted by atomic mass is 9.85. The number of likely N-dealkylation sites (tertiary alicyclic amines) is 1. The largest absolute Gasteiger partial charge is 0.459 e. The zero-order valence-electron chi connectivity index (χ0n) is 23.2. The number of piperazine rings is 1. The quantitative estimate of drug-likeness (QED) is 0.292. The summed E-state index contributed by atoms with van der Waals surface area (Å²) < 4.78 is 5.80. The third kappa shape index (κ3) is 6.54. The first-order valence-corrected chi connectivity index (χ1v) is 13.6. The maximum absolute atomic E-state index is 13.4. The highest BCUT2D eigenvalue weighted by Gasteiger charge is 2.46. The van der Waals surface area contributed by atoms with E-state index in [9.17, 15) is 9.90 Å². The van der Waals surface area contributed by atoms with E-state index < -0.39 is 17.2 Å². The van der Waals surface area contributed by atoms with E-state index in [2.05, 4.69) is 14.7 Å². The Kier molecular flexibility index (Phi) is 8.45. The van der Waals surface area contributed by atoms with E-state index in [4.69, 9.17) is 15.9 Å². The molecule has 0 spiro atoms. The molecule has 4 N–H and O–H groups in total. The van der Waals surface area contributed by atoms with Crippen LogP contribution in [0.15, 0.2) is 54.6 Å². The highest BCUT2D eigenvalue weighted by atomic mass is 16.6. The Bertz CT molecular complexity index is 1080. The number of amidine groups is 1. The Balaban J connectivity index is 1.38. The maximum atomic E-state index is 13.4. The number of hydrogen-bond acceptors (Lipinski definition) is 7. The van der Waals surface area contributed by atoms with E-state index in [0.29, 0.717) is 11.6 Å². The molecule has 0 radical (unpaired) electrons. The van der Waals surface area contributed by atoms with Crippen molar-refractivity contribution in [1.29, 1.82) is 5.41 Å². The number of nitrogens with two attached hydrogens (primary N) is 1. The van der Waals surface area contributed by atoms with Gasteiger partial charge in [0.25, 0.3) is 0 Å². The second-order valence-corrected chi connectivity index (χ2v) is 11.7. The summed E-state index contributed by atoms with van der Waals surface area (Å²) in [5, 5.41) is 19.3. The molecule has 2 aromatic rings. The molecule has 2 heterocycles. The first kappa shape index (κ1) is 28.1. The van der Waals surface area contributed by atoms with Gasteiger partial charge in [-0.25, -0.2) is 0 Å². The Morgan fingerprint density at radius 2 is 1.53 bits per heavy atom. The SMILES string of the molecule is CC(C)(C)OC(=O)C(N1CCC(N2CCN(c3ccc(C(=N)N)cc3)CC2)CC1)C(C)(O)c1ccccc1. The number of esters is 1. The molecule has 0 bridgehead atoms. The van der Waals surface area contributed by atoms with Crippen LogP contribution in [0.25, 0.3) is 0 Å². The van der Waals surface area contributed by atoms with E-state index >= 15 is 0 Å². The van der Waals surface area contributed by atoms with E-state index in [1.54, 1.807) is 6.92 Å². The number of ether oxygens (including phenoxy) is 1. The van der Waals surface area contributed by atoms with Gasteiger partial charge in [0.1, 0.15) is 23.1 Å². The number of benzene rings is 2. The van der Waals surface area contributed by atoms with Crippen molar-refractivity contribution in [2.75, 3.05) is 44.2 Å². The summed E-state index contributed by atoms with van der Waals surface area (Å²) >= 11 is 0. The van der Waals surface area contributed by atoms with Gasteiger partial charge in [-0.3, -0.25) is 20.0 Å². The first-order chi connectivity index (χ1) is 18.0. The fraction of sp³-hybridized carbons (Fsp3) is 0.533. The van der Waals surface area contributed by atoms with Crippen LogP contribution < -0.4 is 10.6 Å². The highest BCUT2D eigenvalue weighted by Crippen LogP contribution is 2.33. The minimum absolute atomic E-state index is 0.0897. The van der Waals surface area contributed by atoms with Crippen LogP contribution in [-0.2, 0) is 15.1 Å². The van der Waals surface area contributed by atoms with Crippen LogP contribution in [0.2, 0.25) is 0 Å². The van der Waals surface area contributed by atoms with E-state index in [0.717, 1.165) is 63.4 Å². The number of piperidine rings is 1. The Hall–Kier alpha value is -2.94. The van der Waals surface area contributed by atoms with E-state index in [1.165, 1.54) is 0 Å². The summed E-state index contributed by atoms with van der Waals surface area (Å²) in [6.45, 7) is 12.6. The van der Waals surface area contributed by atoms with Gasteiger partial charge in [0, 0.05) is 56.6 Å². The van der Waals surface area contributed by atoms with Crippen molar-refractivity contribution in [3.05, 3.63) is 65.7 Å². The van der Waals surface area contributed by atoms with Gasteiger partial charge >= 0.3 is 5.97 Å². The van der Waals surface area contributed by atoms with Gasteiger partial charge < -0.3 is 20.5 Å². The van der Waals surface area contributed by atoms with Crippen molar-refractivity contribution in [3.63, 3.8) is 0 Å². The zero-order chi connectivity index (χ0) is 27.5. The summed E-state index contributed by atoms with van der Waals surface area (Å²) in [5.41, 5.74) is 6.20. The summed E-state index contributed by atoms with van der Waals surface area (Å²) in [4.78, 5) is 20.5. The van der Waals surface area contributed by atoms with Crippen molar-refractivity contribution < 1.29 is 14.6 Å². The number of rotatable bonds is 7. The molecular formula is C30H43N5O3.